The van der Waals surface area contributed by atoms with E-state index in [4.69, 9.17) is 5.73 Å². The molecule has 0 unspecified atom stereocenters. The van der Waals surface area contributed by atoms with Crippen LogP contribution in [0.3, 0.4) is 0 Å². The highest BCUT2D eigenvalue weighted by Crippen LogP contribution is 2.17. The first-order valence-electron chi connectivity index (χ1n) is 4.08. The van der Waals surface area contributed by atoms with Crippen molar-refractivity contribution in [3.05, 3.63) is 16.2 Å². The molecule has 2 rings (SSSR count). The third-order valence-corrected chi connectivity index (χ3v) is 2.08. The van der Waals surface area contributed by atoms with Crippen LogP contribution >= 0.6 is 0 Å². The summed E-state index contributed by atoms with van der Waals surface area (Å²) in [4.78, 5) is 14.1. The summed E-state index contributed by atoms with van der Waals surface area (Å²) in [6.45, 7) is 1.98. The normalized spacial score (nSPS) is 14.4. The minimum atomic E-state index is -0.0577. The summed E-state index contributed by atoms with van der Waals surface area (Å²) in [6, 6.07) is 0. The van der Waals surface area contributed by atoms with Crippen LogP contribution in [0.25, 0.3) is 0 Å². The smallest absolute Gasteiger partial charge is 0.327 e. The lowest BCUT2D eigenvalue weighted by molar-refractivity contribution is 0.687. The van der Waals surface area contributed by atoms with Gasteiger partial charge < -0.3 is 16.0 Å². The van der Waals surface area contributed by atoms with Gasteiger partial charge in [0, 0.05) is 26.1 Å². The molecule has 66 valence electrons. The van der Waals surface area contributed by atoms with Crippen LogP contribution in [-0.4, -0.2) is 22.6 Å². The Morgan fingerprint density at radius 3 is 3.17 bits per heavy atom. The number of hydrogen-bond acceptors (Lipinski definition) is 3. The van der Waals surface area contributed by atoms with E-state index >= 15 is 0 Å². The Balaban J connectivity index is 2.45. The SMILES string of the molecule is NCCn1c2c([nH]c1=O)CCN2. The first-order valence-corrected chi connectivity index (χ1v) is 4.08. The van der Waals surface area contributed by atoms with Gasteiger partial charge >= 0.3 is 5.69 Å². The van der Waals surface area contributed by atoms with Crippen molar-refractivity contribution in [2.75, 3.05) is 18.4 Å². The minimum Gasteiger partial charge on any atom is -0.370 e. The van der Waals surface area contributed by atoms with E-state index in [1.54, 1.807) is 4.57 Å². The van der Waals surface area contributed by atoms with Gasteiger partial charge in [-0.3, -0.25) is 4.57 Å². The Bertz CT molecular complexity index is 338. The van der Waals surface area contributed by atoms with Crippen molar-refractivity contribution in [1.29, 1.82) is 0 Å². The lowest BCUT2D eigenvalue weighted by Gasteiger charge is -2.02. The van der Waals surface area contributed by atoms with Gasteiger partial charge in [-0.1, -0.05) is 0 Å². The van der Waals surface area contributed by atoms with Crippen LogP contribution in [0, 0.1) is 0 Å². The van der Waals surface area contributed by atoms with Crippen LogP contribution in [0.15, 0.2) is 4.79 Å². The van der Waals surface area contributed by atoms with Crippen LogP contribution in [0.4, 0.5) is 5.82 Å². The first kappa shape index (κ1) is 7.42. The van der Waals surface area contributed by atoms with Gasteiger partial charge in [0.15, 0.2) is 0 Å². The zero-order chi connectivity index (χ0) is 8.55. The van der Waals surface area contributed by atoms with Gasteiger partial charge in [0.1, 0.15) is 5.82 Å². The van der Waals surface area contributed by atoms with Crippen LogP contribution in [-0.2, 0) is 13.0 Å². The molecule has 0 amide bonds. The van der Waals surface area contributed by atoms with Gasteiger partial charge in [-0.05, 0) is 0 Å². The molecular formula is C7H12N4O. The van der Waals surface area contributed by atoms with E-state index in [1.165, 1.54) is 0 Å². The molecule has 5 heteroatoms. The summed E-state index contributed by atoms with van der Waals surface area (Å²) in [5.74, 6) is 0.922. The quantitative estimate of drug-likeness (QED) is 0.536. The number of nitrogens with zero attached hydrogens (tertiary/aromatic N) is 1. The molecule has 5 nitrogen and oxygen atoms in total. The zero-order valence-electron chi connectivity index (χ0n) is 6.76. The lowest BCUT2D eigenvalue weighted by atomic mass is 10.4. The van der Waals surface area contributed by atoms with E-state index in [2.05, 4.69) is 10.3 Å². The number of aromatic amines is 1. The summed E-state index contributed by atoms with van der Waals surface area (Å²) in [5, 5.41) is 3.15. The molecule has 0 aromatic carbocycles. The Hall–Kier alpha value is -1.23. The molecule has 0 aliphatic carbocycles. The molecule has 2 heterocycles. The summed E-state index contributed by atoms with van der Waals surface area (Å²) in [6.07, 6.45) is 0.905. The molecule has 1 aliphatic heterocycles. The number of nitrogens with one attached hydrogen (secondary N) is 2. The molecule has 0 radical (unpaired) electrons. The van der Waals surface area contributed by atoms with Crippen LogP contribution in [0.5, 0.6) is 0 Å². The lowest BCUT2D eigenvalue weighted by Crippen LogP contribution is -2.23. The molecule has 1 aromatic heterocycles. The van der Waals surface area contributed by atoms with Gasteiger partial charge in [-0.2, -0.15) is 0 Å². The molecule has 0 bridgehead atoms. The van der Waals surface area contributed by atoms with Crippen molar-refractivity contribution in [3.63, 3.8) is 0 Å². The average molecular weight is 168 g/mol. The van der Waals surface area contributed by atoms with E-state index < -0.39 is 0 Å². The van der Waals surface area contributed by atoms with E-state index in [0.29, 0.717) is 13.1 Å². The van der Waals surface area contributed by atoms with Gasteiger partial charge in [0.25, 0.3) is 0 Å². The molecule has 12 heavy (non-hydrogen) atoms. The largest absolute Gasteiger partial charge is 0.370 e. The van der Waals surface area contributed by atoms with Crippen LogP contribution < -0.4 is 16.7 Å². The topological polar surface area (TPSA) is 75.8 Å². The van der Waals surface area contributed by atoms with Crippen LogP contribution in [0.2, 0.25) is 0 Å². The number of fused-ring (bicyclic) bond motifs is 1. The molecule has 0 spiro atoms. The number of anilines is 1. The first-order chi connectivity index (χ1) is 5.83. The molecule has 1 aromatic rings. The second-order valence-electron chi connectivity index (χ2n) is 2.87. The zero-order valence-corrected chi connectivity index (χ0v) is 6.76. The number of H-pyrrole nitrogens is 1. The summed E-state index contributed by atoms with van der Waals surface area (Å²) in [7, 11) is 0. The Labute approximate surface area is 69.6 Å². The van der Waals surface area contributed by atoms with Crippen molar-refractivity contribution in [2.24, 2.45) is 5.73 Å². The minimum absolute atomic E-state index is 0.0577. The second-order valence-corrected chi connectivity index (χ2v) is 2.87. The highest BCUT2D eigenvalue weighted by molar-refractivity contribution is 5.46. The highest BCUT2D eigenvalue weighted by Gasteiger charge is 2.17. The van der Waals surface area contributed by atoms with Crippen molar-refractivity contribution in [3.8, 4) is 0 Å². The molecule has 1 aliphatic rings. The predicted octanol–water partition coefficient (Wildman–Crippen LogP) is -0.897. The fourth-order valence-corrected chi connectivity index (χ4v) is 1.55. The molecule has 0 saturated heterocycles. The maximum atomic E-state index is 11.3. The third kappa shape index (κ3) is 0.937. The van der Waals surface area contributed by atoms with Gasteiger partial charge in [0.05, 0.1) is 5.69 Å². The maximum absolute atomic E-state index is 11.3. The van der Waals surface area contributed by atoms with Gasteiger partial charge in [-0.25, -0.2) is 4.79 Å². The van der Waals surface area contributed by atoms with E-state index in [9.17, 15) is 4.79 Å². The number of aromatic nitrogens is 2. The third-order valence-electron chi connectivity index (χ3n) is 2.08. The molecule has 0 saturated carbocycles. The number of rotatable bonds is 2. The standard InChI is InChI=1S/C7H12N4O/c8-2-4-11-6-5(1-3-9-6)10-7(11)12/h9H,1-4,8H2,(H,10,12). The van der Waals surface area contributed by atoms with Crippen molar-refractivity contribution in [2.45, 2.75) is 13.0 Å². The molecule has 4 N–H and O–H groups in total. The van der Waals surface area contributed by atoms with Crippen LogP contribution in [0.1, 0.15) is 5.69 Å². The van der Waals surface area contributed by atoms with E-state index in [0.717, 1.165) is 24.5 Å². The maximum Gasteiger partial charge on any atom is 0.327 e. The fraction of sp³-hybridized carbons (Fsp3) is 0.571. The second kappa shape index (κ2) is 2.67. The molecule has 0 atom stereocenters. The van der Waals surface area contributed by atoms with Crippen molar-refractivity contribution < 1.29 is 0 Å². The average Bonchev–Trinajstić information content (AvgIpc) is 2.56. The Morgan fingerprint density at radius 2 is 2.42 bits per heavy atom. The summed E-state index contributed by atoms with van der Waals surface area (Å²) >= 11 is 0. The Kier molecular flexibility index (Phi) is 1.65. The number of nitrogens with two attached hydrogens (primary N) is 1. The summed E-state index contributed by atoms with van der Waals surface area (Å²) < 4.78 is 1.66. The van der Waals surface area contributed by atoms with E-state index in [-0.39, 0.29) is 5.69 Å². The molecular weight excluding hydrogens is 156 g/mol. The Morgan fingerprint density at radius 1 is 1.58 bits per heavy atom. The number of imidazole rings is 1. The van der Waals surface area contributed by atoms with Crippen molar-refractivity contribution >= 4 is 5.82 Å². The molecule has 0 fully saturated rings. The van der Waals surface area contributed by atoms with Gasteiger partial charge in [-0.15, -0.1) is 0 Å². The predicted molar refractivity (Wildman–Crippen MR) is 46.3 cm³/mol. The number of hydrogen-bond donors (Lipinski definition) is 3. The van der Waals surface area contributed by atoms with Gasteiger partial charge in [0.2, 0.25) is 0 Å². The highest BCUT2D eigenvalue weighted by atomic mass is 16.1. The van der Waals surface area contributed by atoms with Crippen molar-refractivity contribution in [1.82, 2.24) is 9.55 Å². The summed E-state index contributed by atoms with van der Waals surface area (Å²) in [5.41, 5.74) is 6.33. The van der Waals surface area contributed by atoms with E-state index in [1.807, 2.05) is 0 Å². The monoisotopic (exact) mass is 168 g/mol. The fourth-order valence-electron chi connectivity index (χ4n) is 1.55.